The molecule has 0 saturated heterocycles. The Bertz CT molecular complexity index is 690. The zero-order valence-corrected chi connectivity index (χ0v) is 12.8. The molecule has 0 aliphatic rings. The molecule has 1 rings (SSSR count). The van der Waals surface area contributed by atoms with Crippen LogP contribution in [0.5, 0.6) is 0 Å². The van der Waals surface area contributed by atoms with E-state index in [1.807, 2.05) is 0 Å². The highest BCUT2D eigenvalue weighted by Gasteiger charge is 2.26. The molecule has 0 bridgehead atoms. The van der Waals surface area contributed by atoms with E-state index in [-0.39, 0.29) is 12.2 Å². The van der Waals surface area contributed by atoms with Gasteiger partial charge in [0.2, 0.25) is 5.78 Å². The van der Waals surface area contributed by atoms with Crippen LogP contribution in [0.4, 0.5) is 0 Å². The summed E-state index contributed by atoms with van der Waals surface area (Å²) in [6.07, 6.45) is 0.640. The Labute approximate surface area is 136 Å². The largest absolute Gasteiger partial charge is 0.507 e. The van der Waals surface area contributed by atoms with Crippen LogP contribution in [-0.2, 0) is 19.1 Å². The Morgan fingerprint density at radius 3 is 2.26 bits per heavy atom. The number of allylic oxidation sites excluding steroid dienone is 1. The van der Waals surface area contributed by atoms with Crippen molar-refractivity contribution >= 4 is 35.0 Å². The van der Waals surface area contributed by atoms with E-state index >= 15 is 0 Å². The van der Waals surface area contributed by atoms with Gasteiger partial charge >= 0.3 is 5.97 Å². The van der Waals surface area contributed by atoms with E-state index in [0.29, 0.717) is 11.1 Å². The van der Waals surface area contributed by atoms with Crippen molar-refractivity contribution in [3.63, 3.8) is 0 Å². The average Bonchev–Trinajstić information content (AvgIpc) is 2.47. The third kappa shape index (κ3) is 4.86. The Morgan fingerprint density at radius 2 is 1.78 bits per heavy atom. The maximum atomic E-state index is 11.9. The molecule has 8 heteroatoms. The number of rotatable bonds is 6. The summed E-state index contributed by atoms with van der Waals surface area (Å²) in [6.45, 7) is 1.39. The summed E-state index contributed by atoms with van der Waals surface area (Å²) < 4.78 is 4.53. The Kier molecular flexibility index (Phi) is 6.35. The van der Waals surface area contributed by atoms with E-state index in [1.165, 1.54) is 31.2 Å². The van der Waals surface area contributed by atoms with Crippen LogP contribution < -0.4 is 5.73 Å². The Balaban J connectivity index is 3.16. The normalized spacial score (nSPS) is 12.3. The monoisotopic (exact) mass is 339 g/mol. The molecule has 0 aliphatic carbocycles. The van der Waals surface area contributed by atoms with Gasteiger partial charge < -0.3 is 20.7 Å². The lowest BCUT2D eigenvalue weighted by molar-refractivity contribution is -0.140. The van der Waals surface area contributed by atoms with Crippen LogP contribution in [-0.4, -0.2) is 34.5 Å². The predicted octanol–water partition coefficient (Wildman–Crippen LogP) is 1.67. The standard InChI is InChI=1S/C15H14ClNO6/c1-2-23-15(22)12(14(17)21)13(20)11(19)7-10(18)8-3-5-9(16)6-4-8/h3-7,18,20H,2H2,1H3,(H2,17,21)/b10-7-,13-12?. The van der Waals surface area contributed by atoms with Gasteiger partial charge in [-0.05, 0) is 31.2 Å². The second-order valence-electron chi connectivity index (χ2n) is 4.21. The molecule has 0 aliphatic heterocycles. The SMILES string of the molecule is CCOC(=O)C(C(N)=O)=C(O)C(=O)/C=C(\O)c1ccc(Cl)cc1. The summed E-state index contributed by atoms with van der Waals surface area (Å²) in [5.74, 6) is -5.44. The average molecular weight is 340 g/mol. The van der Waals surface area contributed by atoms with Crippen molar-refractivity contribution in [3.8, 4) is 0 Å². The van der Waals surface area contributed by atoms with Crippen LogP contribution in [0.25, 0.3) is 5.76 Å². The molecular formula is C15H14ClNO6. The Morgan fingerprint density at radius 1 is 1.22 bits per heavy atom. The summed E-state index contributed by atoms with van der Waals surface area (Å²) in [5, 5.41) is 20.0. The van der Waals surface area contributed by atoms with Crippen molar-refractivity contribution in [2.24, 2.45) is 5.73 Å². The summed E-state index contributed by atoms with van der Waals surface area (Å²) in [4.78, 5) is 34.6. The zero-order valence-electron chi connectivity index (χ0n) is 12.1. The molecule has 0 fully saturated rings. The number of esters is 1. The zero-order chi connectivity index (χ0) is 17.6. The Hall–Kier alpha value is -2.80. The highest BCUT2D eigenvalue weighted by atomic mass is 35.5. The van der Waals surface area contributed by atoms with Gasteiger partial charge in [-0.25, -0.2) is 4.79 Å². The number of hydrogen-bond donors (Lipinski definition) is 3. The number of amides is 1. The first-order valence-corrected chi connectivity index (χ1v) is 6.76. The van der Waals surface area contributed by atoms with Crippen molar-refractivity contribution in [3.05, 3.63) is 52.3 Å². The predicted molar refractivity (Wildman–Crippen MR) is 82.5 cm³/mol. The summed E-state index contributed by atoms with van der Waals surface area (Å²) in [5.41, 5.74) is 4.21. The molecule has 0 spiro atoms. The lowest BCUT2D eigenvalue weighted by Crippen LogP contribution is -2.26. The number of aliphatic hydroxyl groups excluding tert-OH is 2. The van der Waals surface area contributed by atoms with Gasteiger partial charge in [-0.3, -0.25) is 9.59 Å². The number of nitrogens with two attached hydrogens (primary N) is 1. The quantitative estimate of drug-likeness (QED) is 0.238. The van der Waals surface area contributed by atoms with Crippen molar-refractivity contribution < 1.29 is 29.3 Å². The minimum atomic E-state index is -1.33. The first kappa shape index (κ1) is 18.2. The molecule has 23 heavy (non-hydrogen) atoms. The molecule has 0 atom stereocenters. The number of aliphatic hydroxyl groups is 2. The summed E-state index contributed by atoms with van der Waals surface area (Å²) >= 11 is 5.70. The smallest absolute Gasteiger partial charge is 0.347 e. The van der Waals surface area contributed by atoms with Gasteiger partial charge in [0, 0.05) is 16.7 Å². The molecule has 0 unspecified atom stereocenters. The third-order valence-corrected chi connectivity index (χ3v) is 2.86. The highest BCUT2D eigenvalue weighted by molar-refractivity contribution is 6.30. The third-order valence-electron chi connectivity index (χ3n) is 2.60. The summed E-state index contributed by atoms with van der Waals surface area (Å²) in [6, 6.07) is 5.83. The number of carbonyl (C=O) groups is 3. The van der Waals surface area contributed by atoms with Gasteiger partial charge in [0.1, 0.15) is 5.76 Å². The molecular weight excluding hydrogens is 326 g/mol. The van der Waals surface area contributed by atoms with Crippen molar-refractivity contribution in [1.29, 1.82) is 0 Å². The minimum Gasteiger partial charge on any atom is -0.507 e. The first-order chi connectivity index (χ1) is 10.8. The van der Waals surface area contributed by atoms with Crippen molar-refractivity contribution in [2.45, 2.75) is 6.92 Å². The lowest BCUT2D eigenvalue weighted by Gasteiger charge is -2.05. The number of benzene rings is 1. The molecule has 0 radical (unpaired) electrons. The molecule has 1 aromatic rings. The topological polar surface area (TPSA) is 127 Å². The lowest BCUT2D eigenvalue weighted by atomic mass is 10.1. The van der Waals surface area contributed by atoms with Crippen LogP contribution in [0.1, 0.15) is 12.5 Å². The molecule has 4 N–H and O–H groups in total. The van der Waals surface area contributed by atoms with E-state index < -0.39 is 34.8 Å². The van der Waals surface area contributed by atoms with Gasteiger partial charge in [-0.2, -0.15) is 0 Å². The second kappa shape index (κ2) is 8.00. The molecule has 1 aromatic carbocycles. The van der Waals surface area contributed by atoms with Crippen LogP contribution in [0.3, 0.4) is 0 Å². The number of primary amides is 1. The van der Waals surface area contributed by atoms with Gasteiger partial charge in [0.15, 0.2) is 11.3 Å². The van der Waals surface area contributed by atoms with Gasteiger partial charge in [0.05, 0.1) is 6.61 Å². The minimum absolute atomic E-state index is 0.0804. The van der Waals surface area contributed by atoms with Crippen LogP contribution in [0.2, 0.25) is 5.02 Å². The molecule has 0 saturated carbocycles. The number of carbonyl (C=O) groups excluding carboxylic acids is 3. The fourth-order valence-corrected chi connectivity index (χ4v) is 1.66. The van der Waals surface area contributed by atoms with Crippen LogP contribution in [0, 0.1) is 0 Å². The molecule has 7 nitrogen and oxygen atoms in total. The molecule has 1 amide bonds. The number of ketones is 1. The summed E-state index contributed by atoms with van der Waals surface area (Å²) in [7, 11) is 0. The maximum Gasteiger partial charge on any atom is 0.347 e. The van der Waals surface area contributed by atoms with E-state index in [2.05, 4.69) is 4.74 Å². The van der Waals surface area contributed by atoms with E-state index in [1.54, 1.807) is 0 Å². The van der Waals surface area contributed by atoms with Gasteiger partial charge in [-0.15, -0.1) is 0 Å². The highest BCUT2D eigenvalue weighted by Crippen LogP contribution is 2.16. The van der Waals surface area contributed by atoms with E-state index in [0.717, 1.165) is 0 Å². The number of ether oxygens (including phenoxy) is 1. The van der Waals surface area contributed by atoms with E-state index in [4.69, 9.17) is 17.3 Å². The van der Waals surface area contributed by atoms with Crippen molar-refractivity contribution in [1.82, 2.24) is 0 Å². The number of hydrogen-bond acceptors (Lipinski definition) is 6. The second-order valence-corrected chi connectivity index (χ2v) is 4.65. The number of halogens is 1. The van der Waals surface area contributed by atoms with Crippen molar-refractivity contribution in [2.75, 3.05) is 6.61 Å². The van der Waals surface area contributed by atoms with Gasteiger partial charge in [0.25, 0.3) is 5.91 Å². The molecule has 0 aromatic heterocycles. The van der Waals surface area contributed by atoms with E-state index in [9.17, 15) is 24.6 Å². The fraction of sp³-hybridized carbons (Fsp3) is 0.133. The first-order valence-electron chi connectivity index (χ1n) is 6.39. The maximum absolute atomic E-state index is 11.9. The molecule has 122 valence electrons. The van der Waals surface area contributed by atoms with Gasteiger partial charge in [-0.1, -0.05) is 11.6 Å². The van der Waals surface area contributed by atoms with Crippen LogP contribution in [0.15, 0.2) is 41.7 Å². The van der Waals surface area contributed by atoms with Crippen LogP contribution >= 0.6 is 11.6 Å². The fourth-order valence-electron chi connectivity index (χ4n) is 1.54. The molecule has 0 heterocycles.